The molecule has 1 N–H and O–H groups in total. The van der Waals surface area contributed by atoms with Gasteiger partial charge in [-0.05, 0) is 57.0 Å². The van der Waals surface area contributed by atoms with E-state index in [1.807, 2.05) is 0 Å². The maximum absolute atomic E-state index is 3.91. The molecule has 0 aromatic rings. The van der Waals surface area contributed by atoms with Gasteiger partial charge in [0, 0.05) is 18.1 Å². The van der Waals surface area contributed by atoms with Crippen LogP contribution < -0.4 is 5.32 Å². The average Bonchev–Trinajstić information content (AvgIpc) is 2.69. The zero-order valence-corrected chi connectivity index (χ0v) is 13.0. The Labute approximate surface area is 119 Å². The molecular weight excluding hydrogens is 232 g/mol. The lowest BCUT2D eigenvalue weighted by molar-refractivity contribution is 0.0788. The number of hydrogen-bond acceptors (Lipinski definition) is 2. The Balaban J connectivity index is 1.68. The molecule has 3 aliphatic rings. The van der Waals surface area contributed by atoms with E-state index in [0.717, 1.165) is 6.04 Å². The van der Waals surface area contributed by atoms with Crippen molar-refractivity contribution in [3.63, 3.8) is 0 Å². The summed E-state index contributed by atoms with van der Waals surface area (Å²) in [6, 6.07) is 0.862. The molecule has 0 bridgehead atoms. The zero-order chi connectivity index (χ0) is 13.3. The fraction of sp³-hybridized carbons (Fsp3) is 1.00. The van der Waals surface area contributed by atoms with E-state index in [2.05, 4.69) is 24.1 Å². The van der Waals surface area contributed by atoms with Crippen molar-refractivity contribution in [3.8, 4) is 0 Å². The lowest BCUT2D eigenvalue weighted by atomic mass is 9.74. The summed E-state index contributed by atoms with van der Waals surface area (Å²) >= 11 is 0. The van der Waals surface area contributed by atoms with Crippen LogP contribution in [0, 0.1) is 5.41 Å². The zero-order valence-electron chi connectivity index (χ0n) is 13.0. The second-order valence-electron chi connectivity index (χ2n) is 8.15. The van der Waals surface area contributed by atoms with Crippen molar-refractivity contribution >= 4 is 0 Å². The van der Waals surface area contributed by atoms with Crippen LogP contribution in [0.1, 0.15) is 71.6 Å². The van der Waals surface area contributed by atoms with Crippen molar-refractivity contribution in [3.05, 3.63) is 0 Å². The van der Waals surface area contributed by atoms with Crippen molar-refractivity contribution in [1.82, 2.24) is 10.2 Å². The maximum Gasteiger partial charge on any atom is 0.0308 e. The molecule has 3 fully saturated rings. The summed E-state index contributed by atoms with van der Waals surface area (Å²) in [5.74, 6) is 0. The molecule has 3 rings (SSSR count). The van der Waals surface area contributed by atoms with Crippen molar-refractivity contribution < 1.29 is 0 Å². The lowest BCUT2D eigenvalue weighted by Crippen LogP contribution is -2.52. The van der Waals surface area contributed by atoms with Crippen LogP contribution in [0.3, 0.4) is 0 Å². The van der Waals surface area contributed by atoms with Gasteiger partial charge in [-0.3, -0.25) is 4.90 Å². The quantitative estimate of drug-likeness (QED) is 0.779. The van der Waals surface area contributed by atoms with Gasteiger partial charge in [-0.1, -0.05) is 33.1 Å². The molecule has 1 saturated heterocycles. The van der Waals surface area contributed by atoms with E-state index in [1.165, 1.54) is 77.4 Å². The first-order chi connectivity index (χ1) is 9.09. The van der Waals surface area contributed by atoms with Gasteiger partial charge >= 0.3 is 0 Å². The Morgan fingerprint density at radius 1 is 1.00 bits per heavy atom. The van der Waals surface area contributed by atoms with Crippen LogP contribution in [0.25, 0.3) is 0 Å². The van der Waals surface area contributed by atoms with Gasteiger partial charge in [-0.2, -0.15) is 0 Å². The lowest BCUT2D eigenvalue weighted by Gasteiger charge is -2.43. The van der Waals surface area contributed by atoms with Crippen LogP contribution in [0.2, 0.25) is 0 Å². The highest BCUT2D eigenvalue weighted by atomic mass is 15.2. The first-order valence-electron chi connectivity index (χ1n) is 8.58. The van der Waals surface area contributed by atoms with Crippen LogP contribution >= 0.6 is 0 Å². The largest absolute Gasteiger partial charge is 0.310 e. The van der Waals surface area contributed by atoms with E-state index in [0.29, 0.717) is 11.0 Å². The number of hydrogen-bond donors (Lipinski definition) is 1. The van der Waals surface area contributed by atoms with Crippen LogP contribution in [0.5, 0.6) is 0 Å². The second-order valence-corrected chi connectivity index (χ2v) is 8.15. The highest BCUT2D eigenvalue weighted by molar-refractivity contribution is 4.99. The molecule has 110 valence electrons. The molecule has 1 atom stereocenters. The molecule has 1 heterocycles. The van der Waals surface area contributed by atoms with Crippen molar-refractivity contribution in [2.45, 2.75) is 83.2 Å². The molecular formula is C17H32N2. The van der Waals surface area contributed by atoms with Gasteiger partial charge in [-0.15, -0.1) is 0 Å². The fourth-order valence-electron chi connectivity index (χ4n) is 4.83. The third kappa shape index (κ3) is 3.16. The van der Waals surface area contributed by atoms with Crippen molar-refractivity contribution in [2.24, 2.45) is 5.41 Å². The molecule has 0 aromatic carbocycles. The molecule has 2 nitrogen and oxygen atoms in total. The highest BCUT2D eigenvalue weighted by Gasteiger charge is 2.39. The third-order valence-corrected chi connectivity index (χ3v) is 5.88. The monoisotopic (exact) mass is 264 g/mol. The van der Waals surface area contributed by atoms with E-state index in [1.54, 1.807) is 0 Å². The summed E-state index contributed by atoms with van der Waals surface area (Å²) < 4.78 is 0. The van der Waals surface area contributed by atoms with Gasteiger partial charge < -0.3 is 5.32 Å². The normalized spacial score (nSPS) is 35.4. The van der Waals surface area contributed by atoms with Gasteiger partial charge in [-0.25, -0.2) is 0 Å². The van der Waals surface area contributed by atoms with Gasteiger partial charge in [0.05, 0.1) is 0 Å². The molecule has 0 aromatic heterocycles. The summed E-state index contributed by atoms with van der Waals surface area (Å²) in [5, 5.41) is 3.91. The second kappa shape index (κ2) is 5.37. The van der Waals surface area contributed by atoms with E-state index in [9.17, 15) is 0 Å². The summed E-state index contributed by atoms with van der Waals surface area (Å²) in [5.41, 5.74) is 1.06. The molecule has 2 aliphatic carbocycles. The van der Waals surface area contributed by atoms with Crippen LogP contribution in [0.4, 0.5) is 0 Å². The van der Waals surface area contributed by atoms with Gasteiger partial charge in [0.25, 0.3) is 0 Å². The van der Waals surface area contributed by atoms with E-state index in [-0.39, 0.29) is 0 Å². The molecule has 2 saturated carbocycles. The van der Waals surface area contributed by atoms with Crippen LogP contribution in [-0.4, -0.2) is 36.1 Å². The molecule has 2 heteroatoms. The smallest absolute Gasteiger partial charge is 0.0308 e. The van der Waals surface area contributed by atoms with Gasteiger partial charge in [0.2, 0.25) is 0 Å². The van der Waals surface area contributed by atoms with Crippen LogP contribution in [0.15, 0.2) is 0 Å². The van der Waals surface area contributed by atoms with Gasteiger partial charge in [0.15, 0.2) is 0 Å². The third-order valence-electron chi connectivity index (χ3n) is 5.88. The Hall–Kier alpha value is -0.0800. The first-order valence-corrected chi connectivity index (χ1v) is 8.58. The molecule has 1 aliphatic heterocycles. The molecule has 0 radical (unpaired) electrons. The Morgan fingerprint density at radius 3 is 2.53 bits per heavy atom. The Morgan fingerprint density at radius 2 is 1.79 bits per heavy atom. The minimum atomic E-state index is 0.484. The highest BCUT2D eigenvalue weighted by Crippen LogP contribution is 2.39. The summed E-state index contributed by atoms with van der Waals surface area (Å²) in [6.07, 6.45) is 12.8. The standard InChI is InChI=1S/C17H32N2/c1-16(2)8-5-7-15(13-16)19-12-6-11-18-17(14-19)9-3-4-10-17/h15,18H,3-14H2,1-2H3. The first kappa shape index (κ1) is 13.9. The fourth-order valence-corrected chi connectivity index (χ4v) is 4.83. The van der Waals surface area contributed by atoms with E-state index < -0.39 is 0 Å². The Kier molecular flexibility index (Phi) is 3.92. The molecule has 0 amide bonds. The van der Waals surface area contributed by atoms with Crippen molar-refractivity contribution in [2.75, 3.05) is 19.6 Å². The summed E-state index contributed by atoms with van der Waals surface area (Å²) in [7, 11) is 0. The number of nitrogens with one attached hydrogen (secondary N) is 1. The summed E-state index contributed by atoms with van der Waals surface area (Å²) in [6.45, 7) is 8.84. The predicted octanol–water partition coefficient (Wildman–Crippen LogP) is 3.56. The molecule has 19 heavy (non-hydrogen) atoms. The van der Waals surface area contributed by atoms with E-state index in [4.69, 9.17) is 0 Å². The molecule has 1 unspecified atom stereocenters. The van der Waals surface area contributed by atoms with E-state index >= 15 is 0 Å². The number of rotatable bonds is 1. The maximum atomic E-state index is 3.91. The van der Waals surface area contributed by atoms with Gasteiger partial charge in [0.1, 0.15) is 0 Å². The minimum absolute atomic E-state index is 0.484. The topological polar surface area (TPSA) is 15.3 Å². The van der Waals surface area contributed by atoms with Crippen molar-refractivity contribution in [1.29, 1.82) is 0 Å². The summed E-state index contributed by atoms with van der Waals surface area (Å²) in [4.78, 5) is 2.87. The number of nitrogens with zero attached hydrogens (tertiary/aromatic N) is 1. The van der Waals surface area contributed by atoms with Crippen LogP contribution in [-0.2, 0) is 0 Å². The molecule has 1 spiro atoms. The minimum Gasteiger partial charge on any atom is -0.310 e. The average molecular weight is 264 g/mol. The Bertz CT molecular complexity index is 304. The predicted molar refractivity (Wildman–Crippen MR) is 81.4 cm³/mol. The SMILES string of the molecule is CC1(C)CCCC(N2CCCNC3(CCCC3)C2)C1.